The molecule has 0 unspecified atom stereocenters. The average Bonchev–Trinajstić information content (AvgIpc) is 3.28. The van der Waals surface area contributed by atoms with Crippen molar-refractivity contribution in [3.63, 3.8) is 0 Å². The lowest BCUT2D eigenvalue weighted by molar-refractivity contribution is -0.120. The molecule has 4 aromatic rings. The number of halogens is 1. The van der Waals surface area contributed by atoms with Crippen LogP contribution in [0.3, 0.4) is 0 Å². The number of hydrogen-bond donors (Lipinski definition) is 2. The highest BCUT2D eigenvalue weighted by molar-refractivity contribution is 7.13. The van der Waals surface area contributed by atoms with Gasteiger partial charge in [0.15, 0.2) is 0 Å². The molecule has 2 aromatic carbocycles. The number of nitrogens with one attached hydrogen (secondary N) is 2. The van der Waals surface area contributed by atoms with Gasteiger partial charge in [0.05, 0.1) is 12.1 Å². The van der Waals surface area contributed by atoms with Gasteiger partial charge in [0.2, 0.25) is 5.91 Å². The van der Waals surface area contributed by atoms with Crippen molar-refractivity contribution in [3.8, 4) is 10.6 Å². The van der Waals surface area contributed by atoms with Crippen LogP contribution in [0.5, 0.6) is 0 Å². The molecule has 0 saturated carbocycles. The molecule has 0 aliphatic carbocycles. The van der Waals surface area contributed by atoms with Crippen molar-refractivity contribution in [1.82, 2.24) is 15.3 Å². The Morgan fingerprint density at radius 2 is 1.97 bits per heavy atom. The number of carbonyl (C=O) groups excluding carboxylic acids is 1. The quantitative estimate of drug-likeness (QED) is 0.475. The van der Waals surface area contributed by atoms with Gasteiger partial charge in [0.25, 0.3) is 0 Å². The first-order valence-corrected chi connectivity index (χ1v) is 10.4. The van der Waals surface area contributed by atoms with Crippen molar-refractivity contribution in [2.24, 2.45) is 0 Å². The Balaban J connectivity index is 1.35. The molecule has 2 N–H and O–H groups in total. The standard InChI is InChI=1S/C23H22FN3OS/c1-14-3-5-16(6-4-14)23-27-18(13-29-23)9-10-25-22(28)12-19-15(2)26-21-8-7-17(24)11-20(19)21/h3-8,11,13,26H,9-10,12H2,1-2H3,(H,25,28). The van der Waals surface area contributed by atoms with E-state index in [4.69, 9.17) is 0 Å². The summed E-state index contributed by atoms with van der Waals surface area (Å²) in [6, 6.07) is 12.9. The fourth-order valence-electron chi connectivity index (χ4n) is 3.39. The second kappa shape index (κ2) is 8.17. The maximum atomic E-state index is 13.6. The molecule has 4 nitrogen and oxygen atoms in total. The Bertz CT molecular complexity index is 1160. The fraction of sp³-hybridized carbons (Fsp3) is 0.217. The van der Waals surface area contributed by atoms with Crippen molar-refractivity contribution < 1.29 is 9.18 Å². The molecule has 2 heterocycles. The molecule has 0 atom stereocenters. The van der Waals surface area contributed by atoms with Crippen LogP contribution >= 0.6 is 11.3 Å². The summed E-state index contributed by atoms with van der Waals surface area (Å²) < 4.78 is 13.6. The summed E-state index contributed by atoms with van der Waals surface area (Å²) in [5.41, 5.74) is 5.88. The number of carbonyl (C=O) groups is 1. The number of fused-ring (bicyclic) bond motifs is 1. The minimum Gasteiger partial charge on any atom is -0.358 e. The molecular formula is C23H22FN3OS. The van der Waals surface area contributed by atoms with Gasteiger partial charge in [0, 0.05) is 40.5 Å². The zero-order valence-electron chi connectivity index (χ0n) is 16.4. The molecule has 0 radical (unpaired) electrons. The first-order valence-electron chi connectivity index (χ1n) is 9.54. The van der Waals surface area contributed by atoms with Gasteiger partial charge in [-0.25, -0.2) is 9.37 Å². The normalized spacial score (nSPS) is 11.1. The smallest absolute Gasteiger partial charge is 0.224 e. The van der Waals surface area contributed by atoms with Crippen molar-refractivity contribution in [2.75, 3.05) is 6.54 Å². The summed E-state index contributed by atoms with van der Waals surface area (Å²) >= 11 is 1.61. The summed E-state index contributed by atoms with van der Waals surface area (Å²) in [6.07, 6.45) is 0.899. The summed E-state index contributed by atoms with van der Waals surface area (Å²) in [5.74, 6) is -0.377. The summed E-state index contributed by atoms with van der Waals surface area (Å²) in [4.78, 5) is 20.3. The second-order valence-corrected chi connectivity index (χ2v) is 8.06. The number of nitrogens with zero attached hydrogens (tertiary/aromatic N) is 1. The molecule has 2 aromatic heterocycles. The van der Waals surface area contributed by atoms with Crippen molar-refractivity contribution in [3.05, 3.63) is 76.2 Å². The van der Waals surface area contributed by atoms with Crippen LogP contribution in [0.15, 0.2) is 47.8 Å². The van der Waals surface area contributed by atoms with Gasteiger partial charge in [-0.1, -0.05) is 29.8 Å². The van der Waals surface area contributed by atoms with Crippen LogP contribution in [0, 0.1) is 19.7 Å². The predicted octanol–water partition coefficient (Wildman–Crippen LogP) is 4.95. The number of thiazole rings is 1. The lowest BCUT2D eigenvalue weighted by atomic mass is 10.1. The van der Waals surface area contributed by atoms with E-state index in [2.05, 4.69) is 46.5 Å². The van der Waals surface area contributed by atoms with Crippen LogP contribution in [0.1, 0.15) is 22.5 Å². The van der Waals surface area contributed by atoms with Crippen LogP contribution in [0.2, 0.25) is 0 Å². The first kappa shape index (κ1) is 19.3. The minimum absolute atomic E-state index is 0.0766. The number of aromatic amines is 1. The van der Waals surface area contributed by atoms with E-state index in [9.17, 15) is 9.18 Å². The third-order valence-electron chi connectivity index (χ3n) is 4.97. The number of aromatic nitrogens is 2. The molecular weight excluding hydrogens is 385 g/mol. The van der Waals surface area contributed by atoms with Gasteiger partial charge in [-0.3, -0.25) is 4.79 Å². The molecule has 0 saturated heterocycles. The van der Waals surface area contributed by atoms with Crippen molar-refractivity contribution >= 4 is 28.1 Å². The Hall–Kier alpha value is -2.99. The zero-order chi connectivity index (χ0) is 20.4. The molecule has 4 rings (SSSR count). The summed E-state index contributed by atoms with van der Waals surface area (Å²) in [5, 5.41) is 6.74. The highest BCUT2D eigenvalue weighted by Crippen LogP contribution is 2.25. The number of hydrogen-bond acceptors (Lipinski definition) is 3. The minimum atomic E-state index is -0.300. The first-order chi connectivity index (χ1) is 14.0. The number of benzene rings is 2. The third kappa shape index (κ3) is 4.38. The Morgan fingerprint density at radius 3 is 2.76 bits per heavy atom. The monoisotopic (exact) mass is 407 g/mol. The lowest BCUT2D eigenvalue weighted by Crippen LogP contribution is -2.27. The number of aryl methyl sites for hydroxylation is 2. The summed E-state index contributed by atoms with van der Waals surface area (Å²) in [7, 11) is 0. The van der Waals surface area contributed by atoms with E-state index in [-0.39, 0.29) is 18.1 Å². The van der Waals surface area contributed by atoms with E-state index in [1.165, 1.54) is 17.7 Å². The summed E-state index contributed by atoms with van der Waals surface area (Å²) in [6.45, 7) is 4.49. The van der Waals surface area contributed by atoms with Crippen LogP contribution in [-0.4, -0.2) is 22.4 Å². The number of amides is 1. The van der Waals surface area contributed by atoms with Crippen LogP contribution in [-0.2, 0) is 17.6 Å². The van der Waals surface area contributed by atoms with E-state index >= 15 is 0 Å². The second-order valence-electron chi connectivity index (χ2n) is 7.21. The number of rotatable bonds is 6. The maximum Gasteiger partial charge on any atom is 0.224 e. The van der Waals surface area contributed by atoms with Crippen LogP contribution < -0.4 is 5.32 Å². The highest BCUT2D eigenvalue weighted by Gasteiger charge is 2.13. The van der Waals surface area contributed by atoms with Crippen LogP contribution in [0.4, 0.5) is 4.39 Å². The SMILES string of the molecule is Cc1ccc(-c2nc(CCNC(=O)Cc3c(C)[nH]c4ccc(F)cc34)cs2)cc1. The molecule has 1 amide bonds. The molecule has 0 aliphatic heterocycles. The molecule has 29 heavy (non-hydrogen) atoms. The molecule has 0 fully saturated rings. The Morgan fingerprint density at radius 1 is 1.17 bits per heavy atom. The fourth-order valence-corrected chi connectivity index (χ4v) is 4.25. The van der Waals surface area contributed by atoms with Gasteiger partial charge in [-0.05, 0) is 37.6 Å². The third-order valence-corrected chi connectivity index (χ3v) is 5.91. The molecule has 0 spiro atoms. The molecule has 6 heteroatoms. The van der Waals surface area contributed by atoms with E-state index in [0.29, 0.717) is 13.0 Å². The lowest BCUT2D eigenvalue weighted by Gasteiger charge is -2.05. The molecule has 0 aliphatic rings. The van der Waals surface area contributed by atoms with Crippen molar-refractivity contribution in [1.29, 1.82) is 0 Å². The molecule has 148 valence electrons. The van der Waals surface area contributed by atoms with E-state index < -0.39 is 0 Å². The topological polar surface area (TPSA) is 57.8 Å². The van der Waals surface area contributed by atoms with Crippen molar-refractivity contribution in [2.45, 2.75) is 26.7 Å². The predicted molar refractivity (Wildman–Crippen MR) is 116 cm³/mol. The van der Waals surface area contributed by atoms with E-state index in [0.717, 1.165) is 38.4 Å². The Kier molecular flexibility index (Phi) is 5.45. The Labute approximate surface area is 172 Å². The van der Waals surface area contributed by atoms with E-state index in [1.54, 1.807) is 17.4 Å². The van der Waals surface area contributed by atoms with Gasteiger partial charge >= 0.3 is 0 Å². The maximum absolute atomic E-state index is 13.6. The zero-order valence-corrected chi connectivity index (χ0v) is 17.2. The van der Waals surface area contributed by atoms with Gasteiger partial charge < -0.3 is 10.3 Å². The van der Waals surface area contributed by atoms with Gasteiger partial charge in [0.1, 0.15) is 10.8 Å². The van der Waals surface area contributed by atoms with Crippen LogP contribution in [0.25, 0.3) is 21.5 Å². The average molecular weight is 408 g/mol. The van der Waals surface area contributed by atoms with Gasteiger partial charge in [-0.2, -0.15) is 0 Å². The molecule has 0 bridgehead atoms. The van der Waals surface area contributed by atoms with Gasteiger partial charge in [-0.15, -0.1) is 11.3 Å². The number of H-pyrrole nitrogens is 1. The highest BCUT2D eigenvalue weighted by atomic mass is 32.1. The van der Waals surface area contributed by atoms with E-state index in [1.807, 2.05) is 12.3 Å². The largest absolute Gasteiger partial charge is 0.358 e.